The van der Waals surface area contributed by atoms with E-state index in [-0.39, 0.29) is 12.2 Å². The van der Waals surface area contributed by atoms with Crippen molar-refractivity contribution in [2.45, 2.75) is 51.7 Å². The highest BCUT2D eigenvalue weighted by Crippen LogP contribution is 2.28. The minimum atomic E-state index is 0.131. The first-order valence-electron chi connectivity index (χ1n) is 6.71. The molecule has 0 amide bonds. The van der Waals surface area contributed by atoms with Crippen LogP contribution in [0.1, 0.15) is 42.6 Å². The van der Waals surface area contributed by atoms with Crippen LogP contribution in [0.2, 0.25) is 0 Å². The predicted molar refractivity (Wildman–Crippen MR) is 72.1 cm³/mol. The van der Waals surface area contributed by atoms with Gasteiger partial charge in [-0.3, -0.25) is 4.98 Å². The minimum Gasteiger partial charge on any atom is -0.489 e. The van der Waals surface area contributed by atoms with Crippen molar-refractivity contribution in [3.8, 4) is 11.8 Å². The number of methoxy groups -OCH3 is 1. The summed E-state index contributed by atoms with van der Waals surface area (Å²) in [5.74, 6) is 0.661. The van der Waals surface area contributed by atoms with Gasteiger partial charge < -0.3 is 9.47 Å². The van der Waals surface area contributed by atoms with Crippen LogP contribution in [0.4, 0.5) is 0 Å². The summed E-state index contributed by atoms with van der Waals surface area (Å²) < 4.78 is 11.4. The fourth-order valence-corrected chi connectivity index (χ4v) is 2.62. The molecule has 4 nitrogen and oxygen atoms in total. The Bertz CT molecular complexity index is 494. The maximum absolute atomic E-state index is 9.22. The lowest BCUT2D eigenvalue weighted by atomic mass is 9.95. The van der Waals surface area contributed by atoms with E-state index in [2.05, 4.69) is 11.1 Å². The van der Waals surface area contributed by atoms with E-state index in [1.807, 2.05) is 19.9 Å². The van der Waals surface area contributed by atoms with E-state index in [1.165, 1.54) is 0 Å². The fourth-order valence-electron chi connectivity index (χ4n) is 2.62. The average Bonchev–Trinajstić information content (AvgIpc) is 2.38. The number of nitrogens with zero attached hydrogens (tertiary/aromatic N) is 2. The molecule has 19 heavy (non-hydrogen) atoms. The van der Waals surface area contributed by atoms with E-state index < -0.39 is 0 Å². The molecule has 1 saturated carbocycles. The van der Waals surface area contributed by atoms with E-state index in [0.29, 0.717) is 11.3 Å². The summed E-state index contributed by atoms with van der Waals surface area (Å²) in [7, 11) is 1.74. The Kier molecular flexibility index (Phi) is 4.39. The number of rotatable bonds is 3. The molecule has 102 valence electrons. The monoisotopic (exact) mass is 260 g/mol. The molecule has 2 unspecified atom stereocenters. The zero-order chi connectivity index (χ0) is 13.8. The number of hydrogen-bond donors (Lipinski definition) is 0. The molecule has 0 spiro atoms. The highest BCUT2D eigenvalue weighted by Gasteiger charge is 2.24. The lowest BCUT2D eigenvalue weighted by Crippen LogP contribution is -2.29. The van der Waals surface area contributed by atoms with Gasteiger partial charge in [0.05, 0.1) is 11.8 Å². The van der Waals surface area contributed by atoms with Crippen LogP contribution in [0.15, 0.2) is 6.07 Å². The Hall–Kier alpha value is -1.60. The maximum atomic E-state index is 9.22. The third-order valence-corrected chi connectivity index (χ3v) is 3.61. The van der Waals surface area contributed by atoms with Crippen molar-refractivity contribution in [2.75, 3.05) is 7.11 Å². The third-order valence-electron chi connectivity index (χ3n) is 3.61. The average molecular weight is 260 g/mol. The van der Waals surface area contributed by atoms with E-state index in [1.54, 1.807) is 7.11 Å². The number of aromatic nitrogens is 1. The van der Waals surface area contributed by atoms with Crippen molar-refractivity contribution in [1.82, 2.24) is 4.98 Å². The molecule has 0 N–H and O–H groups in total. The van der Waals surface area contributed by atoms with E-state index in [4.69, 9.17) is 9.47 Å². The van der Waals surface area contributed by atoms with Crippen LogP contribution in [-0.2, 0) is 4.74 Å². The van der Waals surface area contributed by atoms with E-state index >= 15 is 0 Å². The summed E-state index contributed by atoms with van der Waals surface area (Å²) in [5, 5.41) is 9.22. The Morgan fingerprint density at radius 1 is 1.32 bits per heavy atom. The third kappa shape index (κ3) is 3.24. The molecule has 1 aliphatic carbocycles. The smallest absolute Gasteiger partial charge is 0.141 e. The van der Waals surface area contributed by atoms with Gasteiger partial charge in [-0.05, 0) is 33.1 Å². The summed E-state index contributed by atoms with van der Waals surface area (Å²) >= 11 is 0. The molecule has 4 heteroatoms. The Morgan fingerprint density at radius 3 is 2.74 bits per heavy atom. The minimum absolute atomic E-state index is 0.131. The van der Waals surface area contributed by atoms with Gasteiger partial charge in [0.15, 0.2) is 0 Å². The SMILES string of the molecule is COC1CCCC(Oc2cc(C)nc(C)c2C#N)C1. The normalized spacial score (nSPS) is 22.8. The van der Waals surface area contributed by atoms with Crippen LogP contribution in [0.25, 0.3) is 0 Å². The zero-order valence-corrected chi connectivity index (χ0v) is 11.8. The predicted octanol–water partition coefficient (Wildman–Crippen LogP) is 2.91. The Balaban J connectivity index is 2.17. The molecule has 0 aliphatic heterocycles. The van der Waals surface area contributed by atoms with Gasteiger partial charge in [0.2, 0.25) is 0 Å². The van der Waals surface area contributed by atoms with Gasteiger partial charge in [-0.25, -0.2) is 0 Å². The second kappa shape index (κ2) is 6.03. The first-order valence-corrected chi connectivity index (χ1v) is 6.71. The Morgan fingerprint density at radius 2 is 2.05 bits per heavy atom. The van der Waals surface area contributed by atoms with Crippen LogP contribution in [0.3, 0.4) is 0 Å². The lowest BCUT2D eigenvalue weighted by molar-refractivity contribution is 0.0208. The number of nitriles is 1. The first kappa shape index (κ1) is 13.8. The van der Waals surface area contributed by atoms with Gasteiger partial charge in [0.1, 0.15) is 23.5 Å². The standard InChI is InChI=1S/C15H20N2O2/c1-10-7-15(14(9-16)11(2)17-10)19-13-6-4-5-12(8-13)18-3/h7,12-13H,4-6,8H2,1-3H3. The van der Waals surface area contributed by atoms with E-state index in [9.17, 15) is 5.26 Å². The summed E-state index contributed by atoms with van der Waals surface area (Å²) in [5.41, 5.74) is 2.16. The molecule has 1 heterocycles. The molecule has 1 aromatic rings. The highest BCUT2D eigenvalue weighted by molar-refractivity contribution is 5.46. The molecular weight excluding hydrogens is 240 g/mol. The number of hydrogen-bond acceptors (Lipinski definition) is 4. The molecule has 0 bridgehead atoms. The largest absolute Gasteiger partial charge is 0.489 e. The molecule has 0 saturated heterocycles. The van der Waals surface area contributed by atoms with Crippen molar-refractivity contribution in [3.63, 3.8) is 0 Å². The van der Waals surface area contributed by atoms with Crippen molar-refractivity contribution in [3.05, 3.63) is 23.0 Å². The van der Waals surface area contributed by atoms with Crippen LogP contribution in [0, 0.1) is 25.2 Å². The summed E-state index contributed by atoms with van der Waals surface area (Å²) in [6.45, 7) is 3.76. The van der Waals surface area contributed by atoms with Gasteiger partial charge in [-0.1, -0.05) is 0 Å². The number of pyridine rings is 1. The molecule has 0 aromatic carbocycles. The van der Waals surface area contributed by atoms with Crippen molar-refractivity contribution in [1.29, 1.82) is 5.26 Å². The van der Waals surface area contributed by atoms with Gasteiger partial charge in [-0.2, -0.15) is 5.26 Å². The second-order valence-electron chi connectivity index (χ2n) is 5.10. The Labute approximate surface area is 114 Å². The first-order chi connectivity index (χ1) is 9.13. The molecule has 1 fully saturated rings. The van der Waals surface area contributed by atoms with Crippen LogP contribution in [0.5, 0.6) is 5.75 Å². The fraction of sp³-hybridized carbons (Fsp3) is 0.600. The molecule has 1 aliphatic rings. The van der Waals surface area contributed by atoms with Crippen molar-refractivity contribution < 1.29 is 9.47 Å². The summed E-state index contributed by atoms with van der Waals surface area (Å²) in [4.78, 5) is 4.30. The molecular formula is C15H20N2O2. The quantitative estimate of drug-likeness (QED) is 0.838. The summed E-state index contributed by atoms with van der Waals surface area (Å²) in [6.07, 6.45) is 4.51. The van der Waals surface area contributed by atoms with Crippen molar-refractivity contribution in [2.24, 2.45) is 0 Å². The molecule has 0 radical (unpaired) electrons. The van der Waals surface area contributed by atoms with Gasteiger partial charge in [0.25, 0.3) is 0 Å². The topological polar surface area (TPSA) is 55.1 Å². The molecule has 2 rings (SSSR count). The second-order valence-corrected chi connectivity index (χ2v) is 5.10. The highest BCUT2D eigenvalue weighted by atomic mass is 16.5. The molecule has 1 aromatic heterocycles. The number of aryl methyl sites for hydroxylation is 2. The summed E-state index contributed by atoms with van der Waals surface area (Å²) in [6, 6.07) is 4.04. The van der Waals surface area contributed by atoms with Gasteiger partial charge in [0, 0.05) is 25.3 Å². The maximum Gasteiger partial charge on any atom is 0.141 e. The number of ether oxygens (including phenoxy) is 2. The zero-order valence-electron chi connectivity index (χ0n) is 11.8. The van der Waals surface area contributed by atoms with Crippen LogP contribution in [-0.4, -0.2) is 24.3 Å². The van der Waals surface area contributed by atoms with Crippen LogP contribution >= 0.6 is 0 Å². The van der Waals surface area contributed by atoms with Crippen molar-refractivity contribution >= 4 is 0 Å². The van der Waals surface area contributed by atoms with Gasteiger partial charge >= 0.3 is 0 Å². The van der Waals surface area contributed by atoms with Crippen LogP contribution < -0.4 is 4.74 Å². The lowest BCUT2D eigenvalue weighted by Gasteiger charge is -2.29. The molecule has 2 atom stereocenters. The van der Waals surface area contributed by atoms with Gasteiger partial charge in [-0.15, -0.1) is 0 Å². The van der Waals surface area contributed by atoms with E-state index in [0.717, 1.165) is 37.1 Å².